The quantitative estimate of drug-likeness (QED) is 0.285. The number of hydrogen-bond acceptors (Lipinski definition) is 3. The van der Waals surface area contributed by atoms with E-state index in [1.165, 1.54) is 17.7 Å². The topological polar surface area (TPSA) is 41.4 Å². The molecular formula is C29H25Cl2FN4O. The standard InChI is InChI=1S/C29H25Cl2FN4O/c30-25-13-12-24(19-26(25)31)36-28(20-27(33-36)22-8-10-23(32)11-9-22)29(37)35-17-15-34(16-18-35)14-4-7-21-5-2-1-3-6-21/h1-13,19-20H,14-18H2/b7-4+. The summed E-state index contributed by atoms with van der Waals surface area (Å²) in [5, 5.41) is 5.46. The Balaban J connectivity index is 1.34. The van der Waals surface area contributed by atoms with Gasteiger partial charge in [-0.2, -0.15) is 5.10 Å². The molecule has 0 N–H and O–H groups in total. The van der Waals surface area contributed by atoms with Crippen LogP contribution in [0.3, 0.4) is 0 Å². The first-order valence-corrected chi connectivity index (χ1v) is 12.8. The zero-order chi connectivity index (χ0) is 25.8. The summed E-state index contributed by atoms with van der Waals surface area (Å²) in [7, 11) is 0. The molecule has 188 valence electrons. The molecule has 5 rings (SSSR count). The predicted octanol–water partition coefficient (Wildman–Crippen LogP) is 6.46. The van der Waals surface area contributed by atoms with Crippen LogP contribution in [-0.4, -0.2) is 58.2 Å². The van der Waals surface area contributed by atoms with Gasteiger partial charge in [0.15, 0.2) is 0 Å². The summed E-state index contributed by atoms with van der Waals surface area (Å²) in [6.45, 7) is 3.59. The number of aromatic nitrogens is 2. The van der Waals surface area contributed by atoms with E-state index in [1.807, 2.05) is 23.1 Å². The number of carbonyl (C=O) groups is 1. The van der Waals surface area contributed by atoms with E-state index in [4.69, 9.17) is 23.2 Å². The lowest BCUT2D eigenvalue weighted by Crippen LogP contribution is -2.49. The maximum atomic E-state index is 13.7. The van der Waals surface area contributed by atoms with E-state index in [-0.39, 0.29) is 11.7 Å². The molecule has 1 amide bonds. The first-order chi connectivity index (χ1) is 18.0. The Bertz CT molecular complexity index is 1410. The van der Waals surface area contributed by atoms with Gasteiger partial charge in [0.25, 0.3) is 5.91 Å². The molecule has 1 saturated heterocycles. The van der Waals surface area contributed by atoms with E-state index >= 15 is 0 Å². The molecule has 4 aromatic rings. The van der Waals surface area contributed by atoms with Crippen molar-refractivity contribution >= 4 is 35.2 Å². The Morgan fingerprint density at radius 1 is 0.892 bits per heavy atom. The highest BCUT2D eigenvalue weighted by molar-refractivity contribution is 6.42. The number of benzene rings is 3. The Morgan fingerprint density at radius 2 is 1.62 bits per heavy atom. The Hall–Kier alpha value is -3.45. The van der Waals surface area contributed by atoms with Gasteiger partial charge in [-0.1, -0.05) is 65.7 Å². The molecule has 1 aromatic heterocycles. The molecule has 2 heterocycles. The zero-order valence-electron chi connectivity index (χ0n) is 20.0. The van der Waals surface area contributed by atoms with Gasteiger partial charge in [-0.25, -0.2) is 9.07 Å². The third-order valence-corrected chi connectivity index (χ3v) is 7.09. The van der Waals surface area contributed by atoms with E-state index in [9.17, 15) is 9.18 Å². The van der Waals surface area contributed by atoms with Gasteiger partial charge in [0.1, 0.15) is 11.5 Å². The van der Waals surface area contributed by atoms with Crippen LogP contribution in [0.5, 0.6) is 0 Å². The monoisotopic (exact) mass is 534 g/mol. The SMILES string of the molecule is O=C(c1cc(-c2ccc(F)cc2)nn1-c1ccc(Cl)c(Cl)c1)N1CCN(C/C=C/c2ccccc2)CC1. The smallest absolute Gasteiger partial charge is 0.272 e. The van der Waals surface area contributed by atoms with Gasteiger partial charge in [-0.15, -0.1) is 0 Å². The summed E-state index contributed by atoms with van der Waals surface area (Å²) in [5.41, 5.74) is 3.48. The number of hydrogen-bond donors (Lipinski definition) is 0. The maximum absolute atomic E-state index is 13.7. The molecule has 5 nitrogen and oxygen atoms in total. The maximum Gasteiger partial charge on any atom is 0.272 e. The van der Waals surface area contributed by atoms with Crippen LogP contribution < -0.4 is 0 Å². The fourth-order valence-corrected chi connectivity index (χ4v) is 4.60. The van der Waals surface area contributed by atoms with E-state index < -0.39 is 0 Å². The molecule has 0 bridgehead atoms. The third-order valence-electron chi connectivity index (χ3n) is 6.35. The van der Waals surface area contributed by atoms with Crippen molar-refractivity contribution in [1.82, 2.24) is 19.6 Å². The van der Waals surface area contributed by atoms with Crippen molar-refractivity contribution in [3.63, 3.8) is 0 Å². The average Bonchev–Trinajstić information content (AvgIpc) is 3.37. The number of amides is 1. The molecule has 0 unspecified atom stereocenters. The van der Waals surface area contributed by atoms with Crippen molar-refractivity contribution in [2.24, 2.45) is 0 Å². The lowest BCUT2D eigenvalue weighted by Gasteiger charge is -2.34. The van der Waals surface area contributed by atoms with Gasteiger partial charge in [0.2, 0.25) is 0 Å². The molecule has 3 aromatic carbocycles. The molecular weight excluding hydrogens is 510 g/mol. The molecule has 0 saturated carbocycles. The Labute approximate surface area is 225 Å². The molecule has 1 aliphatic heterocycles. The lowest BCUT2D eigenvalue weighted by molar-refractivity contribution is 0.0641. The van der Waals surface area contributed by atoms with Crippen LogP contribution in [0.25, 0.3) is 23.0 Å². The van der Waals surface area contributed by atoms with Crippen LogP contribution in [0.2, 0.25) is 10.0 Å². The van der Waals surface area contributed by atoms with Gasteiger partial charge < -0.3 is 4.90 Å². The minimum absolute atomic E-state index is 0.119. The van der Waals surface area contributed by atoms with E-state index in [2.05, 4.69) is 34.3 Å². The normalized spacial score (nSPS) is 14.4. The number of rotatable bonds is 6. The fraction of sp³-hybridized carbons (Fsp3) is 0.172. The third kappa shape index (κ3) is 5.93. The van der Waals surface area contributed by atoms with E-state index in [1.54, 1.807) is 41.1 Å². The van der Waals surface area contributed by atoms with E-state index in [0.717, 1.165) is 19.6 Å². The largest absolute Gasteiger partial charge is 0.335 e. The summed E-state index contributed by atoms with van der Waals surface area (Å²) in [6, 6.07) is 23.1. The molecule has 0 radical (unpaired) electrons. The van der Waals surface area contributed by atoms with Gasteiger partial charge in [0, 0.05) is 38.3 Å². The highest BCUT2D eigenvalue weighted by Crippen LogP contribution is 2.28. The van der Waals surface area contributed by atoms with Gasteiger partial charge in [0.05, 0.1) is 21.4 Å². The van der Waals surface area contributed by atoms with Gasteiger partial charge >= 0.3 is 0 Å². The zero-order valence-corrected chi connectivity index (χ0v) is 21.5. The minimum Gasteiger partial charge on any atom is -0.335 e. The predicted molar refractivity (Wildman–Crippen MR) is 147 cm³/mol. The van der Waals surface area contributed by atoms with Crippen LogP contribution in [0, 0.1) is 5.82 Å². The average molecular weight is 535 g/mol. The molecule has 8 heteroatoms. The number of carbonyl (C=O) groups excluding carboxylic acids is 1. The molecule has 0 atom stereocenters. The van der Waals surface area contributed by atoms with Gasteiger partial charge in [-0.3, -0.25) is 9.69 Å². The number of halogens is 3. The van der Waals surface area contributed by atoms with Crippen LogP contribution >= 0.6 is 23.2 Å². The second-order valence-electron chi connectivity index (χ2n) is 8.84. The summed E-state index contributed by atoms with van der Waals surface area (Å²) in [6.07, 6.45) is 4.27. The highest BCUT2D eigenvalue weighted by Gasteiger charge is 2.26. The summed E-state index contributed by atoms with van der Waals surface area (Å²) in [5.74, 6) is -0.452. The molecule has 37 heavy (non-hydrogen) atoms. The molecule has 0 spiro atoms. The van der Waals surface area contributed by atoms with Crippen molar-refractivity contribution in [1.29, 1.82) is 0 Å². The first kappa shape index (κ1) is 25.2. The summed E-state index contributed by atoms with van der Waals surface area (Å²) < 4.78 is 15.1. The van der Waals surface area contributed by atoms with Crippen LogP contribution in [-0.2, 0) is 0 Å². The van der Waals surface area contributed by atoms with E-state index in [0.29, 0.717) is 45.8 Å². The fourth-order valence-electron chi connectivity index (χ4n) is 4.31. The highest BCUT2D eigenvalue weighted by atomic mass is 35.5. The second kappa shape index (κ2) is 11.3. The summed E-state index contributed by atoms with van der Waals surface area (Å²) in [4.78, 5) is 17.8. The van der Waals surface area contributed by atoms with Crippen molar-refractivity contribution < 1.29 is 9.18 Å². The number of piperazine rings is 1. The van der Waals surface area contributed by atoms with Crippen LogP contribution in [0.1, 0.15) is 16.1 Å². The first-order valence-electron chi connectivity index (χ1n) is 12.0. The lowest BCUT2D eigenvalue weighted by atomic mass is 10.1. The van der Waals surface area contributed by atoms with Crippen molar-refractivity contribution in [2.45, 2.75) is 0 Å². The molecule has 1 aliphatic rings. The van der Waals surface area contributed by atoms with Crippen molar-refractivity contribution in [3.05, 3.63) is 112 Å². The van der Waals surface area contributed by atoms with Gasteiger partial charge in [-0.05, 0) is 54.1 Å². The van der Waals surface area contributed by atoms with Crippen LogP contribution in [0.15, 0.2) is 84.9 Å². The van der Waals surface area contributed by atoms with Crippen molar-refractivity contribution in [3.8, 4) is 16.9 Å². The van der Waals surface area contributed by atoms with Crippen molar-refractivity contribution in [2.75, 3.05) is 32.7 Å². The Kier molecular flexibility index (Phi) is 7.70. The molecule has 1 fully saturated rings. The number of nitrogens with zero attached hydrogens (tertiary/aromatic N) is 4. The summed E-state index contributed by atoms with van der Waals surface area (Å²) >= 11 is 12.4. The van der Waals surface area contributed by atoms with Crippen LogP contribution in [0.4, 0.5) is 4.39 Å². The minimum atomic E-state index is -0.333. The Morgan fingerprint density at radius 3 is 2.32 bits per heavy atom. The second-order valence-corrected chi connectivity index (χ2v) is 9.65. The molecule has 0 aliphatic carbocycles.